The van der Waals surface area contributed by atoms with E-state index in [4.69, 9.17) is 10.5 Å². The average molecular weight is 177 g/mol. The molecule has 0 radical (unpaired) electrons. The van der Waals surface area contributed by atoms with Crippen molar-refractivity contribution in [2.24, 2.45) is 0 Å². The topological polar surface area (TPSA) is 35.2 Å². The molecule has 1 saturated carbocycles. The number of rotatable bonds is 3. The Morgan fingerprint density at radius 1 is 1.46 bits per heavy atom. The minimum atomic E-state index is 0.426. The van der Waals surface area contributed by atoms with Crippen LogP contribution in [0.4, 0.5) is 5.69 Å². The van der Waals surface area contributed by atoms with Crippen LogP contribution >= 0.6 is 0 Å². The second-order valence-corrected chi connectivity index (χ2v) is 3.51. The van der Waals surface area contributed by atoms with Crippen LogP contribution in [0.15, 0.2) is 18.2 Å². The molecule has 1 aromatic carbocycles. The third-order valence-corrected chi connectivity index (χ3v) is 2.32. The molecule has 0 aliphatic heterocycles. The standard InChI is InChI=1S/C11H15NO/c1-2-8-4-3-5-10(12)11(8)13-9-6-7-9/h3-5,9H,2,6-7,12H2,1H3. The Hall–Kier alpha value is -1.18. The van der Waals surface area contributed by atoms with E-state index in [1.54, 1.807) is 0 Å². The van der Waals surface area contributed by atoms with Crippen LogP contribution in [0.5, 0.6) is 5.75 Å². The van der Waals surface area contributed by atoms with Crippen LogP contribution in [-0.2, 0) is 6.42 Å². The summed E-state index contributed by atoms with van der Waals surface area (Å²) >= 11 is 0. The smallest absolute Gasteiger partial charge is 0.145 e. The third-order valence-electron chi connectivity index (χ3n) is 2.32. The highest BCUT2D eigenvalue weighted by Crippen LogP contribution is 2.33. The molecule has 0 atom stereocenters. The fourth-order valence-corrected chi connectivity index (χ4v) is 1.38. The quantitative estimate of drug-likeness (QED) is 0.719. The highest BCUT2D eigenvalue weighted by Gasteiger charge is 2.25. The summed E-state index contributed by atoms with van der Waals surface area (Å²) in [4.78, 5) is 0. The SMILES string of the molecule is CCc1cccc(N)c1OC1CC1. The van der Waals surface area contributed by atoms with Gasteiger partial charge < -0.3 is 10.5 Å². The van der Waals surface area contributed by atoms with Gasteiger partial charge in [-0.25, -0.2) is 0 Å². The van der Waals surface area contributed by atoms with E-state index in [1.807, 2.05) is 12.1 Å². The van der Waals surface area contributed by atoms with E-state index in [9.17, 15) is 0 Å². The lowest BCUT2D eigenvalue weighted by molar-refractivity contribution is 0.302. The molecule has 2 N–H and O–H groups in total. The van der Waals surface area contributed by atoms with Crippen molar-refractivity contribution in [2.45, 2.75) is 32.3 Å². The fourth-order valence-electron chi connectivity index (χ4n) is 1.38. The Kier molecular flexibility index (Phi) is 2.13. The van der Waals surface area contributed by atoms with Gasteiger partial charge in [-0.15, -0.1) is 0 Å². The van der Waals surface area contributed by atoms with Gasteiger partial charge in [0.25, 0.3) is 0 Å². The van der Waals surface area contributed by atoms with E-state index in [0.717, 1.165) is 17.9 Å². The van der Waals surface area contributed by atoms with Gasteiger partial charge in [0.2, 0.25) is 0 Å². The zero-order valence-electron chi connectivity index (χ0n) is 7.92. The predicted octanol–water partition coefficient (Wildman–Crippen LogP) is 2.37. The normalized spacial score (nSPS) is 15.8. The zero-order valence-corrected chi connectivity index (χ0v) is 7.92. The van der Waals surface area contributed by atoms with Crippen LogP contribution in [0, 0.1) is 0 Å². The van der Waals surface area contributed by atoms with Gasteiger partial charge in [0, 0.05) is 0 Å². The first-order valence-corrected chi connectivity index (χ1v) is 4.85. The first-order valence-electron chi connectivity index (χ1n) is 4.85. The molecular weight excluding hydrogens is 162 g/mol. The third kappa shape index (κ3) is 1.77. The molecule has 1 aliphatic rings. The number of anilines is 1. The molecule has 13 heavy (non-hydrogen) atoms. The second-order valence-electron chi connectivity index (χ2n) is 3.51. The highest BCUT2D eigenvalue weighted by atomic mass is 16.5. The zero-order chi connectivity index (χ0) is 9.26. The number of ether oxygens (including phenoxy) is 1. The summed E-state index contributed by atoms with van der Waals surface area (Å²) in [5.74, 6) is 0.910. The fraction of sp³-hybridized carbons (Fsp3) is 0.455. The lowest BCUT2D eigenvalue weighted by Crippen LogP contribution is -2.02. The first-order chi connectivity index (χ1) is 6.31. The monoisotopic (exact) mass is 177 g/mol. The van der Waals surface area contributed by atoms with Crippen molar-refractivity contribution >= 4 is 5.69 Å². The van der Waals surface area contributed by atoms with Gasteiger partial charge in [-0.05, 0) is 30.9 Å². The number of nitrogen functional groups attached to an aromatic ring is 1. The van der Waals surface area contributed by atoms with Crippen molar-refractivity contribution in [2.75, 3.05) is 5.73 Å². The number of hydrogen-bond acceptors (Lipinski definition) is 2. The van der Waals surface area contributed by atoms with Gasteiger partial charge in [-0.2, -0.15) is 0 Å². The molecule has 1 aromatic rings. The summed E-state index contributed by atoms with van der Waals surface area (Å²) in [7, 11) is 0. The van der Waals surface area contributed by atoms with Crippen molar-refractivity contribution in [3.05, 3.63) is 23.8 Å². The molecule has 0 aromatic heterocycles. The van der Waals surface area contributed by atoms with Crippen molar-refractivity contribution in [3.63, 3.8) is 0 Å². The molecule has 2 heteroatoms. The van der Waals surface area contributed by atoms with Gasteiger partial charge >= 0.3 is 0 Å². The van der Waals surface area contributed by atoms with Crippen LogP contribution in [0.1, 0.15) is 25.3 Å². The van der Waals surface area contributed by atoms with Crippen LogP contribution in [0.2, 0.25) is 0 Å². The maximum Gasteiger partial charge on any atom is 0.145 e. The molecule has 70 valence electrons. The summed E-state index contributed by atoms with van der Waals surface area (Å²) in [6.45, 7) is 2.12. The average Bonchev–Trinajstić information content (AvgIpc) is 2.92. The van der Waals surface area contributed by atoms with Gasteiger partial charge in [-0.3, -0.25) is 0 Å². The highest BCUT2D eigenvalue weighted by molar-refractivity contribution is 5.56. The van der Waals surface area contributed by atoms with Gasteiger partial charge in [0.1, 0.15) is 5.75 Å². The van der Waals surface area contributed by atoms with Crippen LogP contribution < -0.4 is 10.5 Å². The van der Waals surface area contributed by atoms with E-state index in [-0.39, 0.29) is 0 Å². The number of hydrogen-bond donors (Lipinski definition) is 1. The Morgan fingerprint density at radius 3 is 2.85 bits per heavy atom. The van der Waals surface area contributed by atoms with Gasteiger partial charge in [0.05, 0.1) is 11.8 Å². The molecular formula is C11H15NO. The number of aryl methyl sites for hydroxylation is 1. The largest absolute Gasteiger partial charge is 0.488 e. The van der Waals surface area contributed by atoms with E-state index < -0.39 is 0 Å². The first kappa shape index (κ1) is 8.42. The molecule has 0 amide bonds. The minimum Gasteiger partial charge on any atom is -0.488 e. The molecule has 2 nitrogen and oxygen atoms in total. The van der Waals surface area contributed by atoms with Crippen LogP contribution in [0.25, 0.3) is 0 Å². The molecule has 0 saturated heterocycles. The number of para-hydroxylation sites is 1. The molecule has 0 unspecified atom stereocenters. The second kappa shape index (κ2) is 3.29. The Morgan fingerprint density at radius 2 is 2.23 bits per heavy atom. The lowest BCUT2D eigenvalue weighted by atomic mass is 10.1. The molecule has 1 fully saturated rings. The Labute approximate surface area is 78.7 Å². The summed E-state index contributed by atoms with van der Waals surface area (Å²) in [5.41, 5.74) is 7.83. The maximum absolute atomic E-state index is 5.85. The molecule has 0 bridgehead atoms. The van der Waals surface area contributed by atoms with Crippen molar-refractivity contribution in [1.82, 2.24) is 0 Å². The van der Waals surface area contributed by atoms with Crippen molar-refractivity contribution in [3.8, 4) is 5.75 Å². The van der Waals surface area contributed by atoms with Gasteiger partial charge in [-0.1, -0.05) is 19.1 Å². The maximum atomic E-state index is 5.85. The van der Waals surface area contributed by atoms with E-state index in [0.29, 0.717) is 6.10 Å². The van der Waals surface area contributed by atoms with Crippen LogP contribution in [0.3, 0.4) is 0 Å². The van der Waals surface area contributed by atoms with Crippen molar-refractivity contribution in [1.29, 1.82) is 0 Å². The summed E-state index contributed by atoms with van der Waals surface area (Å²) < 4.78 is 5.75. The summed E-state index contributed by atoms with van der Waals surface area (Å²) in [6, 6.07) is 5.96. The van der Waals surface area contributed by atoms with E-state index >= 15 is 0 Å². The Balaban J connectivity index is 2.27. The minimum absolute atomic E-state index is 0.426. The van der Waals surface area contributed by atoms with Crippen molar-refractivity contribution < 1.29 is 4.74 Å². The molecule has 0 spiro atoms. The predicted molar refractivity (Wildman–Crippen MR) is 53.9 cm³/mol. The number of benzene rings is 1. The molecule has 2 rings (SSSR count). The van der Waals surface area contributed by atoms with Crippen LogP contribution in [-0.4, -0.2) is 6.10 Å². The summed E-state index contributed by atoms with van der Waals surface area (Å²) in [5, 5.41) is 0. The van der Waals surface area contributed by atoms with E-state index in [1.165, 1.54) is 18.4 Å². The summed E-state index contributed by atoms with van der Waals surface area (Å²) in [6.07, 6.45) is 3.76. The van der Waals surface area contributed by atoms with Gasteiger partial charge in [0.15, 0.2) is 0 Å². The Bertz CT molecular complexity index is 305. The number of nitrogens with two attached hydrogens (primary N) is 1. The van der Waals surface area contributed by atoms with E-state index in [2.05, 4.69) is 13.0 Å². The molecule has 1 aliphatic carbocycles. The lowest BCUT2D eigenvalue weighted by Gasteiger charge is -2.11. The molecule has 0 heterocycles.